The predicted octanol–water partition coefficient (Wildman–Crippen LogP) is 5.10. The average Bonchev–Trinajstić information content (AvgIpc) is 2.64. The topological polar surface area (TPSA) is 63.0 Å². The van der Waals surface area contributed by atoms with Crippen molar-refractivity contribution < 1.29 is 22.7 Å². The van der Waals surface area contributed by atoms with Gasteiger partial charge >= 0.3 is 12.1 Å². The van der Waals surface area contributed by atoms with Crippen LogP contribution in [0, 0.1) is 29.1 Å². The highest BCUT2D eigenvalue weighted by atomic mass is 32.2. The van der Waals surface area contributed by atoms with E-state index in [9.17, 15) is 23.2 Å². The highest BCUT2D eigenvalue weighted by molar-refractivity contribution is 7.99. The molecule has 156 valence electrons. The van der Waals surface area contributed by atoms with Crippen molar-refractivity contribution in [1.29, 1.82) is 5.26 Å². The Labute approximate surface area is 172 Å². The second-order valence-corrected chi connectivity index (χ2v) is 9.60. The Kier molecular flexibility index (Phi) is 5.30. The van der Waals surface area contributed by atoms with Gasteiger partial charge in [0.2, 0.25) is 0 Å². The first kappa shape index (κ1) is 20.5. The molecule has 1 heterocycles. The predicted molar refractivity (Wildman–Crippen MR) is 101 cm³/mol. The summed E-state index contributed by atoms with van der Waals surface area (Å²) in [5.74, 6) is 0.977. The number of halogens is 3. The first-order chi connectivity index (χ1) is 13.7. The molecule has 4 aliphatic carbocycles. The van der Waals surface area contributed by atoms with Crippen LogP contribution in [-0.2, 0) is 21.1 Å². The zero-order chi connectivity index (χ0) is 20.8. The van der Waals surface area contributed by atoms with E-state index in [1.807, 2.05) is 0 Å². The zero-order valence-corrected chi connectivity index (χ0v) is 17.0. The third-order valence-electron chi connectivity index (χ3n) is 6.62. The molecular weight excluding hydrogens is 401 g/mol. The molecule has 0 radical (unpaired) electrons. The number of pyridine rings is 1. The van der Waals surface area contributed by atoms with Crippen molar-refractivity contribution in [3.63, 3.8) is 0 Å². The highest BCUT2D eigenvalue weighted by Crippen LogP contribution is 2.60. The SMILES string of the molecule is CCOC(=O)CSc1nc(C23CC4CC(CC(C4)C2)C3)cc(C(F)(F)F)c1C#N. The van der Waals surface area contributed by atoms with Crippen LogP contribution in [0.25, 0.3) is 0 Å². The van der Waals surface area contributed by atoms with Crippen molar-refractivity contribution >= 4 is 17.7 Å². The Morgan fingerprint density at radius 1 is 1.28 bits per heavy atom. The van der Waals surface area contributed by atoms with Gasteiger partial charge in [-0.25, -0.2) is 4.98 Å². The van der Waals surface area contributed by atoms with Gasteiger partial charge in [0.05, 0.1) is 23.5 Å². The van der Waals surface area contributed by atoms with E-state index in [1.54, 1.807) is 13.0 Å². The Bertz CT molecular complexity index is 827. The molecule has 5 rings (SSSR count). The smallest absolute Gasteiger partial charge is 0.417 e. The number of nitrogens with zero attached hydrogens (tertiary/aromatic N) is 2. The summed E-state index contributed by atoms with van der Waals surface area (Å²) >= 11 is 0.860. The van der Waals surface area contributed by atoms with E-state index >= 15 is 0 Å². The van der Waals surface area contributed by atoms with Crippen LogP contribution >= 0.6 is 11.8 Å². The molecule has 0 aromatic carbocycles. The van der Waals surface area contributed by atoms with Crippen molar-refractivity contribution in [1.82, 2.24) is 4.98 Å². The molecule has 4 aliphatic rings. The zero-order valence-electron chi connectivity index (χ0n) is 16.2. The maximum Gasteiger partial charge on any atom is 0.417 e. The maximum atomic E-state index is 13.8. The summed E-state index contributed by atoms with van der Waals surface area (Å²) in [6.07, 6.45) is 1.49. The number of ether oxygens (including phenoxy) is 1. The van der Waals surface area contributed by atoms with Crippen LogP contribution < -0.4 is 0 Å². The number of rotatable bonds is 5. The third kappa shape index (κ3) is 3.86. The summed E-state index contributed by atoms with van der Waals surface area (Å²) in [5, 5.41) is 9.42. The summed E-state index contributed by atoms with van der Waals surface area (Å²) in [6.45, 7) is 1.86. The molecule has 0 atom stereocenters. The van der Waals surface area contributed by atoms with E-state index in [0.29, 0.717) is 23.4 Å². The lowest BCUT2D eigenvalue weighted by Crippen LogP contribution is -2.49. The van der Waals surface area contributed by atoms with Crippen molar-refractivity contribution in [2.45, 2.75) is 62.1 Å². The maximum absolute atomic E-state index is 13.8. The Morgan fingerprint density at radius 2 is 1.86 bits per heavy atom. The number of aromatic nitrogens is 1. The number of esters is 1. The molecule has 1 aromatic rings. The van der Waals surface area contributed by atoms with Gasteiger partial charge in [-0.3, -0.25) is 4.79 Å². The minimum Gasteiger partial charge on any atom is -0.465 e. The molecule has 4 nitrogen and oxygen atoms in total. The number of carbonyl (C=O) groups excluding carboxylic acids is 1. The number of thioether (sulfide) groups is 1. The lowest BCUT2D eigenvalue weighted by Gasteiger charge is -2.56. The van der Waals surface area contributed by atoms with Crippen LogP contribution in [-0.4, -0.2) is 23.3 Å². The van der Waals surface area contributed by atoms with Crippen molar-refractivity contribution in [3.8, 4) is 6.07 Å². The summed E-state index contributed by atoms with van der Waals surface area (Å²) < 4.78 is 46.3. The third-order valence-corrected chi connectivity index (χ3v) is 7.57. The van der Waals surface area contributed by atoms with Gasteiger partial charge < -0.3 is 4.74 Å². The van der Waals surface area contributed by atoms with E-state index in [0.717, 1.165) is 37.1 Å². The monoisotopic (exact) mass is 424 g/mol. The molecule has 4 bridgehead atoms. The summed E-state index contributed by atoms with van der Waals surface area (Å²) in [5.41, 5.74) is -1.32. The van der Waals surface area contributed by atoms with Gasteiger partial charge in [0, 0.05) is 11.1 Å². The van der Waals surface area contributed by atoms with E-state index in [-0.39, 0.29) is 22.8 Å². The van der Waals surface area contributed by atoms with Gasteiger partial charge in [0.1, 0.15) is 11.1 Å². The summed E-state index contributed by atoms with van der Waals surface area (Å²) in [7, 11) is 0. The van der Waals surface area contributed by atoms with E-state index in [1.165, 1.54) is 19.3 Å². The van der Waals surface area contributed by atoms with Gasteiger partial charge in [-0.2, -0.15) is 18.4 Å². The molecule has 1 aromatic heterocycles. The molecule has 0 aliphatic heterocycles. The fourth-order valence-electron chi connectivity index (χ4n) is 5.98. The normalized spacial score (nSPS) is 30.2. The lowest BCUT2D eigenvalue weighted by atomic mass is 9.48. The highest BCUT2D eigenvalue weighted by Gasteiger charge is 2.53. The van der Waals surface area contributed by atoms with Crippen molar-refractivity contribution in [3.05, 3.63) is 22.9 Å². The number of carbonyl (C=O) groups is 1. The molecule has 0 saturated heterocycles. The largest absolute Gasteiger partial charge is 0.465 e. The van der Waals surface area contributed by atoms with Crippen LogP contribution in [0.1, 0.15) is 62.3 Å². The van der Waals surface area contributed by atoms with Crippen LogP contribution in [0.2, 0.25) is 0 Å². The fraction of sp³-hybridized carbons (Fsp3) is 0.667. The number of hydrogen-bond donors (Lipinski definition) is 0. The molecule has 29 heavy (non-hydrogen) atoms. The van der Waals surface area contributed by atoms with E-state index in [2.05, 4.69) is 4.98 Å². The quantitative estimate of drug-likeness (QED) is 0.486. The van der Waals surface area contributed by atoms with E-state index < -0.39 is 23.3 Å². The molecule has 0 unspecified atom stereocenters. The first-order valence-electron chi connectivity index (χ1n) is 10.1. The number of hydrogen-bond acceptors (Lipinski definition) is 5. The molecule has 0 amide bonds. The average molecular weight is 424 g/mol. The standard InChI is InChI=1S/C21H23F3N2O2S/c1-2-28-18(27)11-29-19-15(10-25)16(21(22,23)24)6-17(26-19)20-7-12-3-13(8-20)5-14(4-12)9-20/h6,12-14H,2-5,7-9,11H2,1H3. The Morgan fingerprint density at radius 3 is 2.34 bits per heavy atom. The van der Waals surface area contributed by atoms with Crippen molar-refractivity contribution in [2.24, 2.45) is 17.8 Å². The van der Waals surface area contributed by atoms with Crippen LogP contribution in [0.4, 0.5) is 13.2 Å². The lowest BCUT2D eigenvalue weighted by molar-refractivity contribution is -0.140. The Balaban J connectivity index is 1.75. The van der Waals surface area contributed by atoms with Crippen LogP contribution in [0.5, 0.6) is 0 Å². The van der Waals surface area contributed by atoms with Gasteiger partial charge in [-0.15, -0.1) is 0 Å². The molecule has 0 spiro atoms. The Hall–Kier alpha value is -1.75. The second kappa shape index (κ2) is 7.50. The second-order valence-electron chi connectivity index (χ2n) is 8.64. The molecule has 4 fully saturated rings. The fourth-order valence-corrected chi connectivity index (χ4v) is 6.78. The van der Waals surface area contributed by atoms with Gasteiger partial charge in [-0.1, -0.05) is 11.8 Å². The van der Waals surface area contributed by atoms with Gasteiger partial charge in [0.15, 0.2) is 0 Å². The number of alkyl halides is 3. The summed E-state index contributed by atoms with van der Waals surface area (Å²) in [6, 6.07) is 2.78. The van der Waals surface area contributed by atoms with E-state index in [4.69, 9.17) is 4.74 Å². The molecule has 8 heteroatoms. The first-order valence-corrected chi connectivity index (χ1v) is 11.0. The number of nitriles is 1. The minimum atomic E-state index is -4.65. The van der Waals surface area contributed by atoms with Crippen LogP contribution in [0.3, 0.4) is 0 Å². The molecule has 0 N–H and O–H groups in total. The van der Waals surface area contributed by atoms with Gasteiger partial charge in [-0.05, 0) is 69.3 Å². The summed E-state index contributed by atoms with van der Waals surface area (Å²) in [4.78, 5) is 16.3. The molecule has 4 saturated carbocycles. The molecular formula is C21H23F3N2O2S. The van der Waals surface area contributed by atoms with Crippen molar-refractivity contribution in [2.75, 3.05) is 12.4 Å². The van der Waals surface area contributed by atoms with Crippen LogP contribution in [0.15, 0.2) is 11.1 Å². The van der Waals surface area contributed by atoms with Gasteiger partial charge in [0.25, 0.3) is 0 Å². The minimum absolute atomic E-state index is 0.0128.